The maximum atomic E-state index is 5.86. The van der Waals surface area contributed by atoms with Gasteiger partial charge in [0.1, 0.15) is 5.75 Å². The number of likely N-dealkylation sites (N-methyl/N-ethyl adjacent to an activating group) is 1. The highest BCUT2D eigenvalue weighted by molar-refractivity contribution is 5.42. The van der Waals surface area contributed by atoms with Crippen LogP contribution >= 0.6 is 0 Å². The standard InChI is InChI=1S/C20H25NO/c1-21(2)15-19(16-8-4-3-5-9-16)17-11-12-20-18(14-17)10-6-7-13-22-20/h3-5,8-9,11-12,14,19H,6-7,10,13,15H2,1-2H3. The van der Waals surface area contributed by atoms with Gasteiger partial charge < -0.3 is 9.64 Å². The van der Waals surface area contributed by atoms with Crippen molar-refractivity contribution >= 4 is 0 Å². The van der Waals surface area contributed by atoms with Crippen molar-refractivity contribution < 1.29 is 4.74 Å². The van der Waals surface area contributed by atoms with Gasteiger partial charge in [-0.25, -0.2) is 0 Å². The average Bonchev–Trinajstić information content (AvgIpc) is 2.78. The highest BCUT2D eigenvalue weighted by atomic mass is 16.5. The van der Waals surface area contributed by atoms with Crippen LogP contribution < -0.4 is 4.74 Å². The number of aryl methyl sites for hydroxylation is 1. The summed E-state index contributed by atoms with van der Waals surface area (Å²) in [7, 11) is 4.28. The lowest BCUT2D eigenvalue weighted by Gasteiger charge is -2.23. The second kappa shape index (κ2) is 6.97. The zero-order valence-electron chi connectivity index (χ0n) is 13.6. The Bertz CT molecular complexity index is 606. The smallest absolute Gasteiger partial charge is 0.122 e. The molecule has 2 heteroatoms. The van der Waals surface area contributed by atoms with E-state index >= 15 is 0 Å². The second-order valence-corrected chi connectivity index (χ2v) is 6.40. The van der Waals surface area contributed by atoms with Crippen LogP contribution in [0.4, 0.5) is 0 Å². The van der Waals surface area contributed by atoms with Crippen molar-refractivity contribution in [3.05, 3.63) is 65.2 Å². The molecule has 0 radical (unpaired) electrons. The topological polar surface area (TPSA) is 12.5 Å². The summed E-state index contributed by atoms with van der Waals surface area (Å²) in [5.74, 6) is 1.49. The molecule has 2 aromatic carbocycles. The Morgan fingerprint density at radius 1 is 1.00 bits per heavy atom. The molecule has 0 N–H and O–H groups in total. The van der Waals surface area contributed by atoms with Gasteiger partial charge in [-0.15, -0.1) is 0 Å². The molecule has 1 heterocycles. The van der Waals surface area contributed by atoms with E-state index in [1.165, 1.54) is 23.1 Å². The molecule has 0 bridgehead atoms. The molecule has 1 aliphatic rings. The Morgan fingerprint density at radius 2 is 1.82 bits per heavy atom. The van der Waals surface area contributed by atoms with Crippen molar-refractivity contribution in [3.63, 3.8) is 0 Å². The summed E-state index contributed by atoms with van der Waals surface area (Å²) in [4.78, 5) is 2.26. The van der Waals surface area contributed by atoms with Crippen LogP contribution in [0.2, 0.25) is 0 Å². The minimum Gasteiger partial charge on any atom is -0.493 e. The maximum Gasteiger partial charge on any atom is 0.122 e. The molecule has 0 fully saturated rings. The molecule has 0 aliphatic carbocycles. The maximum absolute atomic E-state index is 5.86. The molecule has 0 amide bonds. The summed E-state index contributed by atoms with van der Waals surface area (Å²) in [6.45, 7) is 1.87. The van der Waals surface area contributed by atoms with Gasteiger partial charge in [-0.3, -0.25) is 0 Å². The molecular weight excluding hydrogens is 270 g/mol. The van der Waals surface area contributed by atoms with E-state index in [4.69, 9.17) is 4.74 Å². The first-order valence-corrected chi connectivity index (χ1v) is 8.19. The third kappa shape index (κ3) is 3.50. The van der Waals surface area contributed by atoms with Crippen molar-refractivity contribution in [2.24, 2.45) is 0 Å². The van der Waals surface area contributed by atoms with Crippen LogP contribution in [0.1, 0.15) is 35.4 Å². The van der Waals surface area contributed by atoms with E-state index in [1.54, 1.807) is 0 Å². The number of nitrogens with zero attached hydrogens (tertiary/aromatic N) is 1. The van der Waals surface area contributed by atoms with Gasteiger partial charge in [0, 0.05) is 12.5 Å². The molecule has 0 saturated carbocycles. The minimum absolute atomic E-state index is 0.407. The van der Waals surface area contributed by atoms with E-state index in [1.807, 2.05) is 0 Å². The number of benzene rings is 2. The minimum atomic E-state index is 0.407. The van der Waals surface area contributed by atoms with Crippen LogP contribution in [0.5, 0.6) is 5.75 Å². The van der Waals surface area contributed by atoms with Crippen LogP contribution in [0.25, 0.3) is 0 Å². The molecule has 2 nitrogen and oxygen atoms in total. The first-order valence-electron chi connectivity index (χ1n) is 8.19. The van der Waals surface area contributed by atoms with Gasteiger partial charge in [-0.2, -0.15) is 0 Å². The summed E-state index contributed by atoms with van der Waals surface area (Å²) in [6, 6.07) is 17.6. The van der Waals surface area contributed by atoms with E-state index < -0.39 is 0 Å². The van der Waals surface area contributed by atoms with Crippen LogP contribution in [0.15, 0.2) is 48.5 Å². The lowest BCUT2D eigenvalue weighted by Crippen LogP contribution is -2.21. The Balaban J connectivity index is 1.95. The predicted molar refractivity (Wildman–Crippen MR) is 91.7 cm³/mol. The summed E-state index contributed by atoms with van der Waals surface area (Å²) < 4.78 is 5.86. The van der Waals surface area contributed by atoms with Crippen molar-refractivity contribution in [2.45, 2.75) is 25.2 Å². The van der Waals surface area contributed by atoms with E-state index in [9.17, 15) is 0 Å². The van der Waals surface area contributed by atoms with Gasteiger partial charge >= 0.3 is 0 Å². The van der Waals surface area contributed by atoms with Crippen LogP contribution in [-0.4, -0.2) is 32.1 Å². The van der Waals surface area contributed by atoms with Crippen molar-refractivity contribution in [3.8, 4) is 5.75 Å². The molecule has 1 atom stereocenters. The van der Waals surface area contributed by atoms with Crippen molar-refractivity contribution in [1.82, 2.24) is 4.90 Å². The summed E-state index contributed by atoms with van der Waals surface area (Å²) >= 11 is 0. The SMILES string of the molecule is CN(C)CC(c1ccccc1)c1ccc2c(c1)CCCCO2. The Kier molecular flexibility index (Phi) is 4.79. The summed E-state index contributed by atoms with van der Waals surface area (Å²) in [6.07, 6.45) is 3.51. The molecule has 2 aromatic rings. The summed E-state index contributed by atoms with van der Waals surface area (Å²) in [5.41, 5.74) is 4.14. The zero-order valence-corrected chi connectivity index (χ0v) is 13.6. The second-order valence-electron chi connectivity index (χ2n) is 6.40. The van der Waals surface area contributed by atoms with Gasteiger partial charge in [0.15, 0.2) is 0 Å². The predicted octanol–water partition coefficient (Wildman–Crippen LogP) is 4.10. The molecular formula is C20H25NO. The number of hydrogen-bond acceptors (Lipinski definition) is 2. The van der Waals surface area contributed by atoms with Gasteiger partial charge in [0.05, 0.1) is 6.61 Å². The lowest BCUT2D eigenvalue weighted by atomic mass is 9.89. The van der Waals surface area contributed by atoms with Crippen molar-refractivity contribution in [1.29, 1.82) is 0 Å². The number of ether oxygens (including phenoxy) is 1. The molecule has 1 aliphatic heterocycles. The summed E-state index contributed by atoms with van der Waals surface area (Å²) in [5, 5.41) is 0. The van der Waals surface area contributed by atoms with Gasteiger partial charge in [0.2, 0.25) is 0 Å². The quantitative estimate of drug-likeness (QED) is 0.842. The zero-order chi connectivity index (χ0) is 15.4. The fourth-order valence-corrected chi connectivity index (χ4v) is 3.21. The third-order valence-electron chi connectivity index (χ3n) is 4.33. The molecule has 1 unspecified atom stereocenters. The number of hydrogen-bond donors (Lipinski definition) is 0. The Hall–Kier alpha value is -1.80. The average molecular weight is 295 g/mol. The van der Waals surface area contributed by atoms with Crippen LogP contribution in [0.3, 0.4) is 0 Å². The molecule has 0 spiro atoms. The number of rotatable bonds is 4. The van der Waals surface area contributed by atoms with Crippen LogP contribution in [-0.2, 0) is 6.42 Å². The molecule has 0 aromatic heterocycles. The van der Waals surface area contributed by atoms with Gasteiger partial charge in [-0.05, 0) is 56.1 Å². The first-order chi connectivity index (χ1) is 10.7. The van der Waals surface area contributed by atoms with Crippen molar-refractivity contribution in [2.75, 3.05) is 27.2 Å². The van der Waals surface area contributed by atoms with Gasteiger partial charge in [0.25, 0.3) is 0 Å². The fraction of sp³-hybridized carbons (Fsp3) is 0.400. The Labute approximate surface area is 133 Å². The third-order valence-corrected chi connectivity index (χ3v) is 4.33. The highest BCUT2D eigenvalue weighted by Gasteiger charge is 2.18. The number of fused-ring (bicyclic) bond motifs is 1. The normalized spacial score (nSPS) is 15.8. The van der Waals surface area contributed by atoms with E-state index in [2.05, 4.69) is 67.5 Å². The molecule has 0 saturated heterocycles. The van der Waals surface area contributed by atoms with Crippen LogP contribution in [0, 0.1) is 0 Å². The highest BCUT2D eigenvalue weighted by Crippen LogP contribution is 2.31. The molecule has 3 rings (SSSR count). The van der Waals surface area contributed by atoms with E-state index in [0.717, 1.165) is 31.7 Å². The molecule has 116 valence electrons. The molecule has 22 heavy (non-hydrogen) atoms. The first kappa shape index (κ1) is 15.1. The monoisotopic (exact) mass is 295 g/mol. The Morgan fingerprint density at radius 3 is 2.59 bits per heavy atom. The van der Waals surface area contributed by atoms with E-state index in [0.29, 0.717) is 5.92 Å². The fourth-order valence-electron chi connectivity index (χ4n) is 3.21. The van der Waals surface area contributed by atoms with E-state index in [-0.39, 0.29) is 0 Å². The largest absolute Gasteiger partial charge is 0.493 e. The lowest BCUT2D eigenvalue weighted by molar-refractivity contribution is 0.316. The van der Waals surface area contributed by atoms with Gasteiger partial charge in [-0.1, -0.05) is 42.5 Å².